The number of aromatic nitrogens is 2. The van der Waals surface area contributed by atoms with Gasteiger partial charge < -0.3 is 5.11 Å². The predicted molar refractivity (Wildman–Crippen MR) is 71.5 cm³/mol. The van der Waals surface area contributed by atoms with E-state index < -0.39 is 22.9 Å². The van der Waals surface area contributed by atoms with Gasteiger partial charge in [0.25, 0.3) is 5.56 Å². The maximum Gasteiger partial charge on any atom is 0.335 e. The Morgan fingerprint density at radius 1 is 1.32 bits per heavy atom. The molecule has 1 aromatic carbocycles. The van der Waals surface area contributed by atoms with Gasteiger partial charge in [-0.3, -0.25) is 9.78 Å². The van der Waals surface area contributed by atoms with Crippen LogP contribution in [0.15, 0.2) is 26.2 Å². The summed E-state index contributed by atoms with van der Waals surface area (Å²) in [7, 11) is 0. The summed E-state index contributed by atoms with van der Waals surface area (Å²) in [6.07, 6.45) is 0. The van der Waals surface area contributed by atoms with E-state index in [4.69, 9.17) is 0 Å². The average Bonchev–Trinajstić information content (AvgIpc) is 2.33. The molecule has 2 N–H and O–H groups in total. The molecule has 0 unspecified atom stereocenters. The number of aromatic amines is 1. The van der Waals surface area contributed by atoms with Crippen LogP contribution in [0, 0.1) is 19.7 Å². The zero-order chi connectivity index (χ0) is 14.3. The summed E-state index contributed by atoms with van der Waals surface area (Å²) in [5.41, 5.74) is -0.770. The maximum atomic E-state index is 13.6. The van der Waals surface area contributed by atoms with Crippen LogP contribution in [0.25, 0.3) is 5.69 Å². The van der Waals surface area contributed by atoms with Gasteiger partial charge in [0, 0.05) is 0 Å². The number of halogens is 2. The number of hydrogen-bond acceptors (Lipinski definition) is 3. The molecular formula is C12H10BrFN2O3. The first-order valence-corrected chi connectivity index (χ1v) is 6.13. The van der Waals surface area contributed by atoms with Crippen molar-refractivity contribution in [1.82, 2.24) is 9.55 Å². The molecule has 0 amide bonds. The third-order valence-electron chi connectivity index (χ3n) is 2.79. The monoisotopic (exact) mass is 328 g/mol. The second kappa shape index (κ2) is 4.65. The fourth-order valence-corrected chi connectivity index (χ4v) is 2.17. The second-order valence-electron chi connectivity index (χ2n) is 4.10. The van der Waals surface area contributed by atoms with Crippen LogP contribution >= 0.6 is 15.9 Å². The summed E-state index contributed by atoms with van der Waals surface area (Å²) in [6, 6.07) is 2.59. The van der Waals surface area contributed by atoms with Crippen molar-refractivity contribution in [1.29, 1.82) is 0 Å². The lowest BCUT2D eigenvalue weighted by Gasteiger charge is -2.12. The predicted octanol–water partition coefficient (Wildman–Crippen LogP) is 1.75. The van der Waals surface area contributed by atoms with Gasteiger partial charge in [-0.2, -0.15) is 0 Å². The molecular weight excluding hydrogens is 319 g/mol. The minimum absolute atomic E-state index is 0.0117. The van der Waals surface area contributed by atoms with Gasteiger partial charge >= 0.3 is 5.69 Å². The maximum absolute atomic E-state index is 13.6. The van der Waals surface area contributed by atoms with Crippen LogP contribution in [0.2, 0.25) is 0 Å². The van der Waals surface area contributed by atoms with E-state index >= 15 is 0 Å². The highest BCUT2D eigenvalue weighted by Crippen LogP contribution is 2.25. The number of aryl methyl sites for hydroxylation is 1. The number of aromatic hydroxyl groups is 1. The smallest absolute Gasteiger partial charge is 0.335 e. The van der Waals surface area contributed by atoms with Crippen molar-refractivity contribution >= 4 is 15.9 Å². The van der Waals surface area contributed by atoms with E-state index in [-0.39, 0.29) is 15.7 Å². The number of hydrogen-bond donors (Lipinski definition) is 2. The van der Waals surface area contributed by atoms with Gasteiger partial charge in [-0.05, 0) is 47.5 Å². The average molecular weight is 329 g/mol. The van der Waals surface area contributed by atoms with E-state index in [9.17, 15) is 19.1 Å². The van der Waals surface area contributed by atoms with Crippen LogP contribution in [-0.4, -0.2) is 14.7 Å². The molecule has 2 aromatic rings. The van der Waals surface area contributed by atoms with Crippen molar-refractivity contribution in [3.8, 4) is 11.6 Å². The Hall–Kier alpha value is -1.89. The summed E-state index contributed by atoms with van der Waals surface area (Å²) in [5.74, 6) is -1.07. The first kappa shape index (κ1) is 13.5. The minimum atomic E-state index is -0.821. The van der Waals surface area contributed by atoms with E-state index in [1.165, 1.54) is 13.0 Å². The van der Waals surface area contributed by atoms with Crippen LogP contribution < -0.4 is 11.2 Å². The van der Waals surface area contributed by atoms with Crippen molar-refractivity contribution in [2.24, 2.45) is 0 Å². The molecule has 0 bridgehead atoms. The summed E-state index contributed by atoms with van der Waals surface area (Å²) < 4.78 is 14.7. The van der Waals surface area contributed by atoms with Crippen LogP contribution in [-0.2, 0) is 0 Å². The highest BCUT2D eigenvalue weighted by Gasteiger charge is 2.15. The van der Waals surface area contributed by atoms with Crippen LogP contribution in [0.3, 0.4) is 0 Å². The van der Waals surface area contributed by atoms with Crippen molar-refractivity contribution in [2.45, 2.75) is 13.8 Å². The quantitative estimate of drug-likeness (QED) is 0.837. The Balaban J connectivity index is 2.88. The van der Waals surface area contributed by atoms with Gasteiger partial charge in [0.1, 0.15) is 5.82 Å². The van der Waals surface area contributed by atoms with Crippen LogP contribution in [0.5, 0.6) is 5.88 Å². The molecule has 0 spiro atoms. The molecule has 7 heteroatoms. The minimum Gasteiger partial charge on any atom is -0.494 e. The molecule has 5 nitrogen and oxygen atoms in total. The molecule has 0 atom stereocenters. The normalized spacial score (nSPS) is 10.7. The number of H-pyrrole nitrogens is 1. The Morgan fingerprint density at radius 2 is 1.95 bits per heavy atom. The molecule has 0 saturated heterocycles. The molecule has 100 valence electrons. The van der Waals surface area contributed by atoms with Gasteiger partial charge in [0.15, 0.2) is 0 Å². The second-order valence-corrected chi connectivity index (χ2v) is 4.95. The molecule has 1 aromatic heterocycles. The van der Waals surface area contributed by atoms with Gasteiger partial charge in [-0.1, -0.05) is 0 Å². The van der Waals surface area contributed by atoms with Gasteiger partial charge in [-0.25, -0.2) is 13.8 Å². The fourth-order valence-electron chi connectivity index (χ4n) is 1.71. The van der Waals surface area contributed by atoms with Crippen molar-refractivity contribution in [3.63, 3.8) is 0 Å². The molecule has 2 rings (SSSR count). The Labute approximate surface area is 115 Å². The van der Waals surface area contributed by atoms with E-state index in [1.807, 2.05) is 0 Å². The number of nitrogens with one attached hydrogen (secondary N) is 1. The molecule has 19 heavy (non-hydrogen) atoms. The van der Waals surface area contributed by atoms with Crippen molar-refractivity contribution in [3.05, 3.63) is 54.4 Å². The van der Waals surface area contributed by atoms with Crippen LogP contribution in [0.1, 0.15) is 11.1 Å². The molecule has 0 aliphatic carbocycles. The third kappa shape index (κ3) is 2.21. The van der Waals surface area contributed by atoms with Gasteiger partial charge in [0.2, 0.25) is 5.88 Å². The number of nitrogens with zero attached hydrogens (tertiary/aromatic N) is 1. The van der Waals surface area contributed by atoms with E-state index in [2.05, 4.69) is 20.9 Å². The first-order chi connectivity index (χ1) is 8.82. The standard InChI is InChI=1S/C12H10BrFN2O3/c1-5-3-7(13)8(14)4-9(5)16-11(18)6(2)10(17)15-12(16)19/h3-4,18H,1-2H3,(H,15,17,19). The molecule has 0 aliphatic heterocycles. The summed E-state index contributed by atoms with van der Waals surface area (Å²) in [5, 5.41) is 9.91. The van der Waals surface area contributed by atoms with E-state index in [1.54, 1.807) is 6.92 Å². The highest BCUT2D eigenvalue weighted by atomic mass is 79.9. The molecule has 0 radical (unpaired) electrons. The lowest BCUT2D eigenvalue weighted by Crippen LogP contribution is -2.30. The summed E-state index contributed by atoms with van der Waals surface area (Å²) in [4.78, 5) is 25.2. The lowest BCUT2D eigenvalue weighted by atomic mass is 10.2. The summed E-state index contributed by atoms with van der Waals surface area (Å²) in [6.45, 7) is 3.03. The zero-order valence-electron chi connectivity index (χ0n) is 10.1. The molecule has 0 saturated carbocycles. The molecule has 0 aliphatic rings. The lowest BCUT2D eigenvalue weighted by molar-refractivity contribution is 0.425. The third-order valence-corrected chi connectivity index (χ3v) is 3.40. The molecule has 1 heterocycles. The van der Waals surface area contributed by atoms with Crippen molar-refractivity contribution < 1.29 is 9.50 Å². The Kier molecular flexibility index (Phi) is 3.32. The summed E-state index contributed by atoms with van der Waals surface area (Å²) >= 11 is 3.03. The van der Waals surface area contributed by atoms with Crippen LogP contribution in [0.4, 0.5) is 4.39 Å². The number of rotatable bonds is 1. The van der Waals surface area contributed by atoms with Crippen molar-refractivity contribution in [2.75, 3.05) is 0 Å². The van der Waals surface area contributed by atoms with Gasteiger partial charge in [-0.15, -0.1) is 0 Å². The highest BCUT2D eigenvalue weighted by molar-refractivity contribution is 9.10. The topological polar surface area (TPSA) is 75.1 Å². The van der Waals surface area contributed by atoms with E-state index in [0.717, 1.165) is 10.6 Å². The largest absolute Gasteiger partial charge is 0.494 e. The first-order valence-electron chi connectivity index (χ1n) is 5.34. The van der Waals surface area contributed by atoms with E-state index in [0.29, 0.717) is 5.56 Å². The zero-order valence-corrected chi connectivity index (χ0v) is 11.7. The Bertz CT molecular complexity index is 780. The van der Waals surface area contributed by atoms with Gasteiger partial charge in [0.05, 0.1) is 15.7 Å². The number of benzene rings is 1. The Morgan fingerprint density at radius 3 is 2.58 bits per heavy atom. The molecule has 0 fully saturated rings. The SMILES string of the molecule is Cc1cc(Br)c(F)cc1-n1c(O)c(C)c(=O)[nH]c1=O. The fraction of sp³-hybridized carbons (Fsp3) is 0.167.